The summed E-state index contributed by atoms with van der Waals surface area (Å²) in [5, 5.41) is 11.0. The van der Waals surface area contributed by atoms with Gasteiger partial charge in [0.05, 0.1) is 9.95 Å². The molecule has 1 N–H and O–H groups in total. The van der Waals surface area contributed by atoms with E-state index in [-0.39, 0.29) is 5.78 Å². The number of thiazole rings is 1. The molecule has 0 spiro atoms. The maximum Gasteiger partial charge on any atom is 0.186 e. The van der Waals surface area contributed by atoms with Crippen molar-refractivity contribution in [1.29, 1.82) is 5.41 Å². The summed E-state index contributed by atoms with van der Waals surface area (Å²) >= 11 is 6.03. The molecule has 0 saturated carbocycles. The molecule has 2 aromatic carbocycles. The molecule has 0 aliphatic carbocycles. The van der Waals surface area contributed by atoms with Crippen molar-refractivity contribution in [1.82, 2.24) is 4.98 Å². The molecule has 0 unspecified atom stereocenters. The average Bonchev–Trinajstić information content (AvgIpc) is 3.30. The second-order valence-electron chi connectivity index (χ2n) is 6.10. The van der Waals surface area contributed by atoms with E-state index in [0.29, 0.717) is 27.3 Å². The molecule has 1 saturated heterocycles. The standard InChI is InChI=1S/C21H15BrN2O2S2/c22-15-7-5-13(6-8-15)12-26-16-4-2-1-3-14(16)11-17-19(25)18(20(23)28-17)21-24-9-10-27-21/h1-11,18,23H,12H2/b17-11-,23-20?/t18-/m0/s1. The molecule has 1 aromatic heterocycles. The van der Waals surface area contributed by atoms with Crippen molar-refractivity contribution in [3.05, 3.63) is 85.6 Å². The van der Waals surface area contributed by atoms with Crippen molar-refractivity contribution in [3.8, 4) is 5.75 Å². The van der Waals surface area contributed by atoms with Gasteiger partial charge < -0.3 is 4.74 Å². The number of aromatic nitrogens is 1. The molecule has 1 fully saturated rings. The molecular weight excluding hydrogens is 456 g/mol. The number of nitrogens with one attached hydrogen (secondary N) is 1. The van der Waals surface area contributed by atoms with E-state index in [2.05, 4.69) is 20.9 Å². The molecule has 1 atom stereocenters. The van der Waals surface area contributed by atoms with E-state index >= 15 is 0 Å². The van der Waals surface area contributed by atoms with Crippen LogP contribution < -0.4 is 4.74 Å². The summed E-state index contributed by atoms with van der Waals surface area (Å²) < 4.78 is 7.01. The number of ketones is 1. The molecule has 3 aromatic rings. The van der Waals surface area contributed by atoms with Crippen LogP contribution in [0.2, 0.25) is 0 Å². The Morgan fingerprint density at radius 3 is 2.71 bits per heavy atom. The van der Waals surface area contributed by atoms with E-state index in [1.54, 1.807) is 6.20 Å². The highest BCUT2D eigenvalue weighted by Gasteiger charge is 2.38. The van der Waals surface area contributed by atoms with E-state index < -0.39 is 5.92 Å². The lowest BCUT2D eigenvalue weighted by Gasteiger charge is -2.10. The summed E-state index contributed by atoms with van der Waals surface area (Å²) in [6.07, 6.45) is 3.48. The van der Waals surface area contributed by atoms with Crippen molar-refractivity contribution in [3.63, 3.8) is 0 Å². The van der Waals surface area contributed by atoms with Gasteiger partial charge in [0.25, 0.3) is 0 Å². The quantitative estimate of drug-likeness (QED) is 0.471. The number of benzene rings is 2. The number of hydrogen-bond acceptors (Lipinski definition) is 6. The predicted molar refractivity (Wildman–Crippen MR) is 118 cm³/mol. The molecule has 0 bridgehead atoms. The summed E-state index contributed by atoms with van der Waals surface area (Å²) in [6, 6.07) is 15.6. The smallest absolute Gasteiger partial charge is 0.186 e. The predicted octanol–water partition coefficient (Wildman–Crippen LogP) is 5.90. The molecule has 4 nitrogen and oxygen atoms in total. The van der Waals surface area contributed by atoms with Gasteiger partial charge in [-0.05, 0) is 29.8 Å². The molecule has 4 rings (SSSR count). The van der Waals surface area contributed by atoms with Crippen molar-refractivity contribution in [2.24, 2.45) is 0 Å². The van der Waals surface area contributed by atoms with E-state index in [1.807, 2.05) is 60.0 Å². The molecule has 7 heteroatoms. The third kappa shape index (κ3) is 4.11. The van der Waals surface area contributed by atoms with Crippen molar-refractivity contribution >= 4 is 55.9 Å². The number of allylic oxidation sites excluding steroid dienone is 1. The molecule has 1 aliphatic heterocycles. The number of ether oxygens (including phenoxy) is 1. The summed E-state index contributed by atoms with van der Waals surface area (Å²) in [4.78, 5) is 17.6. The SMILES string of the molecule is N=C1S/C(=C\c2ccccc2OCc2ccc(Br)cc2)C(=O)[C@@H]1c1nccs1. The lowest BCUT2D eigenvalue weighted by Crippen LogP contribution is -2.11. The summed E-state index contributed by atoms with van der Waals surface area (Å²) in [7, 11) is 0. The van der Waals surface area contributed by atoms with Crippen LogP contribution in [0.4, 0.5) is 0 Å². The van der Waals surface area contributed by atoms with Crippen LogP contribution >= 0.6 is 39.0 Å². The molecule has 1 aliphatic rings. The van der Waals surface area contributed by atoms with Gasteiger partial charge in [-0.25, -0.2) is 4.98 Å². The Kier molecular flexibility index (Phi) is 5.75. The molecule has 0 radical (unpaired) electrons. The number of hydrogen-bond donors (Lipinski definition) is 1. The zero-order valence-electron chi connectivity index (χ0n) is 14.6. The fourth-order valence-electron chi connectivity index (χ4n) is 2.81. The van der Waals surface area contributed by atoms with Gasteiger partial charge in [-0.15, -0.1) is 11.3 Å². The van der Waals surface area contributed by atoms with Crippen LogP contribution in [0.15, 0.2) is 69.5 Å². The third-order valence-corrected chi connectivity index (χ3v) is 6.56. The number of carbonyl (C=O) groups excluding carboxylic acids is 1. The minimum absolute atomic E-state index is 0.0762. The van der Waals surface area contributed by atoms with Crippen molar-refractivity contribution in [2.45, 2.75) is 12.5 Å². The van der Waals surface area contributed by atoms with Gasteiger partial charge in [-0.1, -0.05) is 58.0 Å². The van der Waals surface area contributed by atoms with Gasteiger partial charge in [-0.3, -0.25) is 10.2 Å². The maximum absolute atomic E-state index is 12.8. The van der Waals surface area contributed by atoms with Crippen molar-refractivity contribution in [2.75, 3.05) is 0 Å². The Bertz CT molecular complexity index is 1050. The number of carbonyl (C=O) groups is 1. The lowest BCUT2D eigenvalue weighted by atomic mass is 10.0. The van der Waals surface area contributed by atoms with Crippen LogP contribution in [0.25, 0.3) is 6.08 Å². The largest absolute Gasteiger partial charge is 0.488 e. The molecule has 28 heavy (non-hydrogen) atoms. The van der Waals surface area contributed by atoms with Crippen LogP contribution in [-0.4, -0.2) is 15.8 Å². The van der Waals surface area contributed by atoms with Crippen LogP contribution in [0.5, 0.6) is 5.75 Å². The van der Waals surface area contributed by atoms with Crippen LogP contribution in [0, 0.1) is 5.41 Å². The number of thioether (sulfide) groups is 1. The Balaban J connectivity index is 1.56. The second-order valence-corrected chi connectivity index (χ2v) is 9.02. The fraction of sp³-hybridized carbons (Fsp3) is 0.0952. The average molecular weight is 471 g/mol. The molecular formula is C21H15BrN2O2S2. The van der Waals surface area contributed by atoms with Gasteiger partial charge in [0.2, 0.25) is 0 Å². The summed E-state index contributed by atoms with van der Waals surface area (Å²) in [6.45, 7) is 0.437. The Labute approximate surface area is 179 Å². The van der Waals surface area contributed by atoms with Gasteiger partial charge in [0, 0.05) is 21.6 Å². The van der Waals surface area contributed by atoms with Gasteiger partial charge in [0.15, 0.2) is 5.78 Å². The number of rotatable bonds is 5. The number of nitrogens with zero attached hydrogens (tertiary/aromatic N) is 1. The summed E-state index contributed by atoms with van der Waals surface area (Å²) in [5.74, 6) is 0.0512. The molecule has 2 heterocycles. The van der Waals surface area contributed by atoms with E-state index in [4.69, 9.17) is 10.1 Å². The van der Waals surface area contributed by atoms with Gasteiger partial charge in [0.1, 0.15) is 23.3 Å². The fourth-order valence-corrected chi connectivity index (χ4v) is 4.87. The normalized spacial score (nSPS) is 18.0. The number of halogens is 1. The second kappa shape index (κ2) is 8.43. The Hall–Kier alpha value is -2.22. The molecule has 0 amide bonds. The Morgan fingerprint density at radius 2 is 1.96 bits per heavy atom. The van der Waals surface area contributed by atoms with Crippen LogP contribution in [0.1, 0.15) is 22.1 Å². The zero-order chi connectivity index (χ0) is 19.5. The van der Waals surface area contributed by atoms with Crippen LogP contribution in [-0.2, 0) is 11.4 Å². The first-order valence-electron chi connectivity index (χ1n) is 8.49. The molecule has 140 valence electrons. The van der Waals surface area contributed by atoms with E-state index in [9.17, 15) is 4.79 Å². The van der Waals surface area contributed by atoms with Crippen LogP contribution in [0.3, 0.4) is 0 Å². The van der Waals surface area contributed by atoms with E-state index in [1.165, 1.54) is 23.1 Å². The highest BCUT2D eigenvalue weighted by molar-refractivity contribution is 9.10. The highest BCUT2D eigenvalue weighted by Crippen LogP contribution is 2.41. The third-order valence-electron chi connectivity index (χ3n) is 4.20. The first-order chi connectivity index (χ1) is 13.6. The minimum Gasteiger partial charge on any atom is -0.488 e. The summed E-state index contributed by atoms with van der Waals surface area (Å²) in [5.41, 5.74) is 1.88. The minimum atomic E-state index is -0.577. The number of Topliss-reactive ketones (excluding diaryl/α,β-unsaturated/α-hetero) is 1. The van der Waals surface area contributed by atoms with Gasteiger partial charge in [-0.2, -0.15) is 0 Å². The Morgan fingerprint density at radius 1 is 1.18 bits per heavy atom. The zero-order valence-corrected chi connectivity index (χ0v) is 17.8. The van der Waals surface area contributed by atoms with Crippen molar-refractivity contribution < 1.29 is 9.53 Å². The topological polar surface area (TPSA) is 63.0 Å². The van der Waals surface area contributed by atoms with E-state index in [0.717, 1.165) is 15.6 Å². The lowest BCUT2D eigenvalue weighted by molar-refractivity contribution is -0.114. The first-order valence-corrected chi connectivity index (χ1v) is 11.0. The number of para-hydroxylation sites is 1. The monoisotopic (exact) mass is 470 g/mol. The van der Waals surface area contributed by atoms with Gasteiger partial charge >= 0.3 is 0 Å². The maximum atomic E-state index is 12.8. The first kappa shape index (κ1) is 19.1. The highest BCUT2D eigenvalue weighted by atomic mass is 79.9.